The Morgan fingerprint density at radius 1 is 0.417 bits per heavy atom. The van der Waals surface area contributed by atoms with Crippen molar-refractivity contribution in [2.75, 3.05) is 6.61 Å². The van der Waals surface area contributed by atoms with Gasteiger partial charge in [-0.1, -0.05) is 180 Å². The minimum atomic E-state index is -4.27. The molecule has 36 heavy (non-hydrogen) atoms. The Hall–Kier alpha value is 1.75. The molecule has 0 saturated heterocycles. The molecule has 0 spiro atoms. The summed E-state index contributed by atoms with van der Waals surface area (Å²) in [7, 11) is -4.27. The molecular formula is C30H64KO4P. The van der Waals surface area contributed by atoms with Crippen molar-refractivity contribution in [3.05, 3.63) is 0 Å². The molecule has 0 saturated carbocycles. The van der Waals surface area contributed by atoms with Crippen molar-refractivity contribution >= 4 is 59.2 Å². The summed E-state index contributed by atoms with van der Waals surface area (Å²) in [5, 5.41) is 0. The maximum atomic E-state index is 10.6. The summed E-state index contributed by atoms with van der Waals surface area (Å²) in [4.78, 5) is 17.2. The van der Waals surface area contributed by atoms with Crippen LogP contribution in [0.2, 0.25) is 0 Å². The molecule has 0 fully saturated rings. The van der Waals surface area contributed by atoms with Crippen molar-refractivity contribution < 1.29 is 18.9 Å². The van der Waals surface area contributed by atoms with Crippen LogP contribution in [0.3, 0.4) is 0 Å². The summed E-state index contributed by atoms with van der Waals surface area (Å²) >= 11 is 0. The fourth-order valence-corrected chi connectivity index (χ4v) is 5.32. The van der Waals surface area contributed by atoms with Gasteiger partial charge in [-0.3, -0.25) is 4.52 Å². The standard InChI is InChI=1S/C30H63O4P.K.H/c1-2-3-4-5-6-7-8-9-10-11-12-13-14-15-16-17-18-19-20-21-22-23-24-25-26-27-28-29-30-34-35(31,32)33;;/h2-30H2,1H3,(H2,31,32,33);;. The van der Waals surface area contributed by atoms with Crippen LogP contribution in [-0.4, -0.2) is 67.8 Å². The van der Waals surface area contributed by atoms with Crippen LogP contribution in [0.15, 0.2) is 0 Å². The zero-order valence-electron chi connectivity index (χ0n) is 23.7. The van der Waals surface area contributed by atoms with Gasteiger partial charge in [0.15, 0.2) is 0 Å². The summed E-state index contributed by atoms with van der Waals surface area (Å²) in [6.07, 6.45) is 38.4. The van der Waals surface area contributed by atoms with E-state index in [1.165, 1.54) is 161 Å². The summed E-state index contributed by atoms with van der Waals surface area (Å²) in [5.41, 5.74) is 0. The molecule has 0 atom stereocenters. The molecule has 0 aromatic carbocycles. The Morgan fingerprint density at radius 2 is 0.611 bits per heavy atom. The predicted molar refractivity (Wildman–Crippen MR) is 160 cm³/mol. The van der Waals surface area contributed by atoms with Crippen molar-refractivity contribution in [3.8, 4) is 0 Å². The molecule has 214 valence electrons. The molecule has 4 nitrogen and oxygen atoms in total. The van der Waals surface area contributed by atoms with Crippen molar-refractivity contribution in [3.63, 3.8) is 0 Å². The summed E-state index contributed by atoms with van der Waals surface area (Å²) in [5.74, 6) is 0. The zero-order chi connectivity index (χ0) is 25.7. The molecule has 0 aliphatic carbocycles. The van der Waals surface area contributed by atoms with Gasteiger partial charge >= 0.3 is 59.2 Å². The molecular weight excluding hydrogens is 494 g/mol. The Morgan fingerprint density at radius 3 is 0.806 bits per heavy atom. The first-order valence-electron chi connectivity index (χ1n) is 15.8. The Balaban J connectivity index is 0. The fourth-order valence-electron chi connectivity index (χ4n) is 4.95. The molecule has 0 amide bonds. The van der Waals surface area contributed by atoms with Crippen molar-refractivity contribution in [2.24, 2.45) is 0 Å². The van der Waals surface area contributed by atoms with E-state index in [9.17, 15) is 4.57 Å². The molecule has 6 heteroatoms. The molecule has 0 aliphatic heterocycles. The summed E-state index contributed by atoms with van der Waals surface area (Å²) < 4.78 is 15.0. The van der Waals surface area contributed by atoms with Gasteiger partial charge in [0.05, 0.1) is 6.61 Å². The summed E-state index contributed by atoms with van der Waals surface area (Å²) in [6.45, 7) is 2.46. The maximum absolute atomic E-state index is 10.6. The first-order valence-corrected chi connectivity index (χ1v) is 17.3. The van der Waals surface area contributed by atoms with Gasteiger partial charge in [-0.25, -0.2) is 4.57 Å². The molecule has 0 aromatic heterocycles. The zero-order valence-corrected chi connectivity index (χ0v) is 24.6. The third-order valence-electron chi connectivity index (χ3n) is 7.26. The number of hydrogen-bond donors (Lipinski definition) is 2. The van der Waals surface area contributed by atoms with E-state index in [-0.39, 0.29) is 58.0 Å². The van der Waals surface area contributed by atoms with Crippen LogP contribution >= 0.6 is 7.82 Å². The Kier molecular flexibility index (Phi) is 36.5. The first-order chi connectivity index (χ1) is 17.1. The molecule has 0 heterocycles. The fraction of sp³-hybridized carbons (Fsp3) is 1.00. The van der Waals surface area contributed by atoms with E-state index in [4.69, 9.17) is 9.79 Å². The SMILES string of the molecule is CCCCCCCCCCCCCCCCCCCCCCCCCCCCCCOP(=O)(O)O.[KH]. The number of unbranched alkanes of at least 4 members (excludes halogenated alkanes) is 27. The number of hydrogen-bond acceptors (Lipinski definition) is 2. The van der Waals surface area contributed by atoms with Gasteiger partial charge in [-0.05, 0) is 6.42 Å². The van der Waals surface area contributed by atoms with Gasteiger partial charge in [0.2, 0.25) is 0 Å². The topological polar surface area (TPSA) is 66.8 Å². The molecule has 0 unspecified atom stereocenters. The second-order valence-corrected chi connectivity index (χ2v) is 12.1. The third-order valence-corrected chi connectivity index (χ3v) is 7.78. The van der Waals surface area contributed by atoms with Gasteiger partial charge in [-0.2, -0.15) is 0 Å². The van der Waals surface area contributed by atoms with Crippen LogP contribution in [-0.2, 0) is 9.09 Å². The average Bonchev–Trinajstić information content (AvgIpc) is 2.82. The second-order valence-electron chi connectivity index (χ2n) is 10.9. The van der Waals surface area contributed by atoms with Gasteiger partial charge in [-0.15, -0.1) is 0 Å². The molecule has 0 aliphatic rings. The van der Waals surface area contributed by atoms with Crippen LogP contribution < -0.4 is 0 Å². The van der Waals surface area contributed by atoms with E-state index in [0.29, 0.717) is 0 Å². The normalized spacial score (nSPS) is 11.6. The Bertz CT molecular complexity index is 445. The molecule has 0 bridgehead atoms. The third kappa shape index (κ3) is 37.9. The Labute approximate surface area is 268 Å². The van der Waals surface area contributed by atoms with Gasteiger partial charge in [0, 0.05) is 0 Å². The van der Waals surface area contributed by atoms with E-state index in [0.717, 1.165) is 19.3 Å². The van der Waals surface area contributed by atoms with Crippen LogP contribution in [0.5, 0.6) is 0 Å². The van der Waals surface area contributed by atoms with Crippen LogP contribution in [0.4, 0.5) is 0 Å². The van der Waals surface area contributed by atoms with Crippen LogP contribution in [0.1, 0.15) is 187 Å². The molecule has 0 aromatic rings. The van der Waals surface area contributed by atoms with E-state index >= 15 is 0 Å². The van der Waals surface area contributed by atoms with Gasteiger partial charge in [0.25, 0.3) is 0 Å². The number of phosphoric ester groups is 1. The number of phosphoric acid groups is 1. The quantitative estimate of drug-likeness (QED) is 0.0523. The van der Waals surface area contributed by atoms with E-state index in [2.05, 4.69) is 11.4 Å². The van der Waals surface area contributed by atoms with E-state index in [1.54, 1.807) is 0 Å². The van der Waals surface area contributed by atoms with Crippen molar-refractivity contribution in [1.29, 1.82) is 0 Å². The molecule has 0 radical (unpaired) electrons. The first kappa shape index (κ1) is 39.9. The molecule has 2 N–H and O–H groups in total. The monoisotopic (exact) mass is 558 g/mol. The molecule has 0 rings (SSSR count). The summed E-state index contributed by atoms with van der Waals surface area (Å²) in [6, 6.07) is 0. The van der Waals surface area contributed by atoms with Gasteiger partial charge in [0.1, 0.15) is 0 Å². The van der Waals surface area contributed by atoms with Crippen molar-refractivity contribution in [2.45, 2.75) is 187 Å². The predicted octanol–water partition coefficient (Wildman–Crippen LogP) is 10.4. The van der Waals surface area contributed by atoms with Crippen LogP contribution in [0, 0.1) is 0 Å². The second kappa shape index (κ2) is 33.0. The van der Waals surface area contributed by atoms with E-state index in [1.807, 2.05) is 0 Å². The minimum absolute atomic E-state index is 0. The van der Waals surface area contributed by atoms with E-state index < -0.39 is 7.82 Å². The number of rotatable bonds is 30. The van der Waals surface area contributed by atoms with Gasteiger partial charge < -0.3 is 9.79 Å². The average molecular weight is 559 g/mol. The van der Waals surface area contributed by atoms with Crippen LogP contribution in [0.25, 0.3) is 0 Å². The van der Waals surface area contributed by atoms with Crippen molar-refractivity contribution in [1.82, 2.24) is 0 Å².